The standard InChI is InChI=1S/C11H13N3O2/c1-4-8(7(2)3)14-10-6-12-9(5-13-10)11(15)16/h1,5-8H,2-3H3,(H,13,14)(H,15,16). The van der Waals surface area contributed by atoms with Crippen LogP contribution in [-0.4, -0.2) is 27.1 Å². The van der Waals surface area contributed by atoms with Crippen LogP contribution in [0.4, 0.5) is 5.82 Å². The molecule has 1 rings (SSSR count). The number of carbonyl (C=O) groups is 1. The Bertz CT molecular complexity index is 406. The van der Waals surface area contributed by atoms with Crippen molar-refractivity contribution in [3.8, 4) is 12.3 Å². The van der Waals surface area contributed by atoms with Crippen molar-refractivity contribution in [3.63, 3.8) is 0 Å². The Morgan fingerprint density at radius 1 is 1.50 bits per heavy atom. The number of nitrogens with one attached hydrogen (secondary N) is 1. The van der Waals surface area contributed by atoms with Crippen LogP contribution in [0.2, 0.25) is 0 Å². The second kappa shape index (κ2) is 5.12. The van der Waals surface area contributed by atoms with Crippen molar-refractivity contribution in [2.45, 2.75) is 19.9 Å². The van der Waals surface area contributed by atoms with Crippen molar-refractivity contribution < 1.29 is 9.90 Å². The van der Waals surface area contributed by atoms with Gasteiger partial charge >= 0.3 is 5.97 Å². The first-order valence-corrected chi connectivity index (χ1v) is 4.82. The summed E-state index contributed by atoms with van der Waals surface area (Å²) in [6.45, 7) is 3.97. The average molecular weight is 219 g/mol. The van der Waals surface area contributed by atoms with Crippen LogP contribution in [0.3, 0.4) is 0 Å². The van der Waals surface area contributed by atoms with E-state index in [-0.39, 0.29) is 17.7 Å². The molecule has 16 heavy (non-hydrogen) atoms. The molecule has 1 atom stereocenters. The van der Waals surface area contributed by atoms with Crippen LogP contribution in [0.15, 0.2) is 12.4 Å². The van der Waals surface area contributed by atoms with Gasteiger partial charge in [0.25, 0.3) is 0 Å². The Labute approximate surface area is 93.9 Å². The third kappa shape index (κ3) is 2.95. The van der Waals surface area contributed by atoms with Crippen molar-refractivity contribution in [2.75, 3.05) is 5.32 Å². The minimum Gasteiger partial charge on any atom is -0.476 e. The molecule has 1 heterocycles. The lowest BCUT2D eigenvalue weighted by molar-refractivity contribution is 0.0690. The Balaban J connectivity index is 2.76. The fourth-order valence-electron chi connectivity index (χ4n) is 1.07. The van der Waals surface area contributed by atoms with Crippen LogP contribution in [0.1, 0.15) is 24.3 Å². The molecular formula is C11H13N3O2. The number of carboxylic acids is 1. The van der Waals surface area contributed by atoms with Crippen LogP contribution in [0, 0.1) is 18.3 Å². The van der Waals surface area contributed by atoms with E-state index in [4.69, 9.17) is 11.5 Å². The third-order valence-corrected chi connectivity index (χ3v) is 2.02. The Morgan fingerprint density at radius 3 is 2.56 bits per heavy atom. The zero-order chi connectivity index (χ0) is 12.1. The number of aromatic carboxylic acids is 1. The molecule has 0 amide bonds. The Kier molecular flexibility index (Phi) is 3.84. The quantitative estimate of drug-likeness (QED) is 0.745. The summed E-state index contributed by atoms with van der Waals surface area (Å²) in [5.41, 5.74) is -0.0904. The molecule has 1 aromatic rings. The summed E-state index contributed by atoms with van der Waals surface area (Å²) in [5, 5.41) is 11.6. The molecule has 5 nitrogen and oxygen atoms in total. The zero-order valence-corrected chi connectivity index (χ0v) is 9.14. The number of hydrogen-bond donors (Lipinski definition) is 2. The topological polar surface area (TPSA) is 75.1 Å². The van der Waals surface area contributed by atoms with Crippen molar-refractivity contribution >= 4 is 11.8 Å². The van der Waals surface area contributed by atoms with Gasteiger partial charge in [0.1, 0.15) is 5.82 Å². The summed E-state index contributed by atoms with van der Waals surface area (Å²) in [6.07, 6.45) is 7.90. The highest BCUT2D eigenvalue weighted by molar-refractivity contribution is 5.84. The summed E-state index contributed by atoms with van der Waals surface area (Å²) in [7, 11) is 0. The van der Waals surface area contributed by atoms with E-state index in [9.17, 15) is 4.79 Å². The largest absolute Gasteiger partial charge is 0.476 e. The first-order chi connectivity index (χ1) is 7.54. The van der Waals surface area contributed by atoms with Gasteiger partial charge in [-0.05, 0) is 5.92 Å². The smallest absolute Gasteiger partial charge is 0.356 e. The molecule has 0 bridgehead atoms. The van der Waals surface area contributed by atoms with Crippen LogP contribution in [-0.2, 0) is 0 Å². The van der Waals surface area contributed by atoms with Gasteiger partial charge in [0, 0.05) is 0 Å². The van der Waals surface area contributed by atoms with Crippen molar-refractivity contribution in [2.24, 2.45) is 5.92 Å². The number of anilines is 1. The minimum absolute atomic E-state index is 0.0904. The molecule has 0 fully saturated rings. The van der Waals surface area contributed by atoms with Crippen LogP contribution in [0.5, 0.6) is 0 Å². The van der Waals surface area contributed by atoms with E-state index in [0.717, 1.165) is 0 Å². The minimum atomic E-state index is -1.10. The summed E-state index contributed by atoms with van der Waals surface area (Å²) in [4.78, 5) is 18.2. The molecule has 5 heteroatoms. The Morgan fingerprint density at radius 2 is 2.19 bits per heavy atom. The molecule has 0 aliphatic heterocycles. The van der Waals surface area contributed by atoms with Crippen LogP contribution < -0.4 is 5.32 Å². The molecule has 0 aromatic carbocycles. The van der Waals surface area contributed by atoms with E-state index in [2.05, 4.69) is 21.2 Å². The highest BCUT2D eigenvalue weighted by Gasteiger charge is 2.11. The average Bonchev–Trinajstić information content (AvgIpc) is 2.26. The molecule has 84 valence electrons. The predicted molar refractivity (Wildman–Crippen MR) is 60.1 cm³/mol. The van der Waals surface area contributed by atoms with Gasteiger partial charge in [0.15, 0.2) is 5.69 Å². The van der Waals surface area contributed by atoms with E-state index in [0.29, 0.717) is 5.82 Å². The lowest BCUT2D eigenvalue weighted by Crippen LogP contribution is -2.24. The lowest BCUT2D eigenvalue weighted by atomic mass is 10.1. The second-order valence-corrected chi connectivity index (χ2v) is 3.62. The Hall–Kier alpha value is -2.09. The number of carboxylic acid groups (broad SMARTS) is 1. The zero-order valence-electron chi connectivity index (χ0n) is 9.14. The van der Waals surface area contributed by atoms with E-state index in [1.165, 1.54) is 12.4 Å². The first kappa shape index (κ1) is 12.0. The normalized spacial score (nSPS) is 11.9. The molecule has 0 saturated carbocycles. The van der Waals surface area contributed by atoms with E-state index in [1.807, 2.05) is 13.8 Å². The number of hydrogen-bond acceptors (Lipinski definition) is 4. The highest BCUT2D eigenvalue weighted by atomic mass is 16.4. The van der Waals surface area contributed by atoms with Crippen LogP contribution >= 0.6 is 0 Å². The van der Waals surface area contributed by atoms with Gasteiger partial charge in [-0.15, -0.1) is 6.42 Å². The second-order valence-electron chi connectivity index (χ2n) is 3.62. The predicted octanol–water partition coefficient (Wildman–Crippen LogP) is 1.24. The lowest BCUT2D eigenvalue weighted by Gasteiger charge is -2.16. The monoisotopic (exact) mass is 219 g/mol. The summed E-state index contributed by atoms with van der Waals surface area (Å²) < 4.78 is 0. The summed E-state index contributed by atoms with van der Waals surface area (Å²) in [6, 6.07) is -0.148. The first-order valence-electron chi connectivity index (χ1n) is 4.82. The fourth-order valence-corrected chi connectivity index (χ4v) is 1.07. The molecule has 2 N–H and O–H groups in total. The van der Waals surface area contributed by atoms with Crippen molar-refractivity contribution in [1.29, 1.82) is 0 Å². The van der Waals surface area contributed by atoms with Crippen molar-refractivity contribution in [3.05, 3.63) is 18.1 Å². The molecule has 0 spiro atoms. The molecule has 0 aliphatic carbocycles. The van der Waals surface area contributed by atoms with Gasteiger partial charge < -0.3 is 10.4 Å². The maximum Gasteiger partial charge on any atom is 0.356 e. The molecule has 0 radical (unpaired) electrons. The van der Waals surface area contributed by atoms with Crippen molar-refractivity contribution in [1.82, 2.24) is 9.97 Å². The highest BCUT2D eigenvalue weighted by Crippen LogP contribution is 2.08. The number of terminal acetylenes is 1. The summed E-state index contributed by atoms with van der Waals surface area (Å²) >= 11 is 0. The number of rotatable bonds is 4. The third-order valence-electron chi connectivity index (χ3n) is 2.02. The van der Waals surface area contributed by atoms with Gasteiger partial charge in [-0.2, -0.15) is 0 Å². The van der Waals surface area contributed by atoms with Gasteiger partial charge in [-0.3, -0.25) is 0 Å². The van der Waals surface area contributed by atoms with Gasteiger partial charge in [-0.25, -0.2) is 14.8 Å². The summed E-state index contributed by atoms with van der Waals surface area (Å²) in [5.74, 6) is 2.22. The molecule has 1 aromatic heterocycles. The van der Waals surface area contributed by atoms with Gasteiger partial charge in [0.2, 0.25) is 0 Å². The maximum atomic E-state index is 10.5. The van der Waals surface area contributed by atoms with Gasteiger partial charge in [0.05, 0.1) is 18.4 Å². The maximum absolute atomic E-state index is 10.5. The molecule has 0 saturated heterocycles. The number of nitrogens with zero attached hydrogens (tertiary/aromatic N) is 2. The number of aromatic nitrogens is 2. The van der Waals surface area contributed by atoms with E-state index >= 15 is 0 Å². The van der Waals surface area contributed by atoms with E-state index in [1.54, 1.807) is 0 Å². The molecule has 1 unspecified atom stereocenters. The molecular weight excluding hydrogens is 206 g/mol. The molecule has 0 aliphatic rings. The van der Waals surface area contributed by atoms with E-state index < -0.39 is 5.97 Å². The van der Waals surface area contributed by atoms with Crippen LogP contribution in [0.25, 0.3) is 0 Å². The SMILES string of the molecule is C#CC(Nc1cnc(C(=O)O)cn1)C(C)C. The van der Waals surface area contributed by atoms with Gasteiger partial charge in [-0.1, -0.05) is 19.8 Å². The fraction of sp³-hybridized carbons (Fsp3) is 0.364.